The van der Waals surface area contributed by atoms with Crippen molar-refractivity contribution in [1.29, 1.82) is 0 Å². The fraction of sp³-hybridized carbons (Fsp3) is 0.222. The van der Waals surface area contributed by atoms with Crippen LogP contribution >= 0.6 is 15.9 Å². The van der Waals surface area contributed by atoms with Crippen molar-refractivity contribution in [2.24, 2.45) is 0 Å². The highest BCUT2D eigenvalue weighted by atomic mass is 79.9. The number of hydrogen-bond acceptors (Lipinski definition) is 1. The number of hydrogen-bond donors (Lipinski definition) is 0. The maximum Gasteiger partial charge on any atom is 0.135 e. The lowest BCUT2D eigenvalue weighted by molar-refractivity contribution is 0.316. The van der Waals surface area contributed by atoms with Gasteiger partial charge in [0.25, 0.3) is 0 Å². The Labute approximate surface area is 127 Å². The molecular formula is C18H17BrO. The predicted octanol–water partition coefficient (Wildman–Crippen LogP) is 5.93. The van der Waals surface area contributed by atoms with Crippen LogP contribution in [0.5, 0.6) is 5.75 Å². The Morgan fingerprint density at radius 3 is 1.85 bits per heavy atom. The van der Waals surface area contributed by atoms with Crippen molar-refractivity contribution in [3.05, 3.63) is 53.0 Å². The van der Waals surface area contributed by atoms with Gasteiger partial charge in [-0.05, 0) is 22.4 Å². The lowest BCUT2D eigenvalue weighted by Gasteiger charge is -2.14. The van der Waals surface area contributed by atoms with Gasteiger partial charge in [-0.3, -0.25) is 0 Å². The van der Waals surface area contributed by atoms with Crippen molar-refractivity contribution in [2.75, 3.05) is 6.61 Å². The van der Waals surface area contributed by atoms with E-state index in [1.165, 1.54) is 21.5 Å². The Kier molecular flexibility index (Phi) is 3.93. The molecule has 0 bridgehead atoms. The van der Waals surface area contributed by atoms with Crippen LogP contribution in [0.25, 0.3) is 21.5 Å². The van der Waals surface area contributed by atoms with Crippen molar-refractivity contribution < 1.29 is 4.74 Å². The molecule has 0 saturated carbocycles. The number of unbranched alkanes of at least 4 members (excludes halogenated alkanes) is 1. The molecule has 0 aliphatic carbocycles. The van der Waals surface area contributed by atoms with Crippen LogP contribution < -0.4 is 4.74 Å². The maximum absolute atomic E-state index is 6.11. The molecule has 102 valence electrons. The van der Waals surface area contributed by atoms with Gasteiger partial charge in [0.2, 0.25) is 0 Å². The Morgan fingerprint density at radius 2 is 1.35 bits per heavy atom. The Hall–Kier alpha value is -1.54. The van der Waals surface area contributed by atoms with Gasteiger partial charge in [-0.25, -0.2) is 0 Å². The molecule has 0 amide bonds. The average molecular weight is 329 g/mol. The fourth-order valence-corrected chi connectivity index (χ4v) is 3.20. The van der Waals surface area contributed by atoms with Crippen molar-refractivity contribution in [3.8, 4) is 5.75 Å². The molecule has 3 rings (SSSR count). The van der Waals surface area contributed by atoms with Crippen LogP contribution in [-0.2, 0) is 0 Å². The molecular weight excluding hydrogens is 312 g/mol. The van der Waals surface area contributed by atoms with Crippen LogP contribution in [-0.4, -0.2) is 6.61 Å². The molecule has 0 fully saturated rings. The van der Waals surface area contributed by atoms with Crippen LogP contribution in [0.15, 0.2) is 53.0 Å². The Bertz CT molecular complexity index is 692. The van der Waals surface area contributed by atoms with Crippen molar-refractivity contribution in [3.63, 3.8) is 0 Å². The molecule has 3 aromatic rings. The standard InChI is InChI=1S/C18H17BrO/c1-2-3-12-20-18-15-10-6-4-8-13(15)17(19)14-9-5-7-11-16(14)18/h4-11H,2-3,12H2,1H3. The molecule has 0 aliphatic heterocycles. The summed E-state index contributed by atoms with van der Waals surface area (Å²) in [5, 5.41) is 4.76. The summed E-state index contributed by atoms with van der Waals surface area (Å²) in [5.41, 5.74) is 0. The van der Waals surface area contributed by atoms with Crippen LogP contribution in [0.4, 0.5) is 0 Å². The molecule has 0 aromatic heterocycles. The van der Waals surface area contributed by atoms with Crippen molar-refractivity contribution in [2.45, 2.75) is 19.8 Å². The van der Waals surface area contributed by atoms with Gasteiger partial charge in [0.05, 0.1) is 6.61 Å². The van der Waals surface area contributed by atoms with E-state index in [1.54, 1.807) is 0 Å². The Morgan fingerprint density at radius 1 is 0.850 bits per heavy atom. The molecule has 0 spiro atoms. The molecule has 0 saturated heterocycles. The molecule has 0 atom stereocenters. The van der Waals surface area contributed by atoms with E-state index in [0.717, 1.165) is 29.7 Å². The van der Waals surface area contributed by atoms with Crippen LogP contribution in [0.3, 0.4) is 0 Å². The van der Waals surface area contributed by atoms with E-state index in [0.29, 0.717) is 0 Å². The molecule has 3 aromatic carbocycles. The lowest BCUT2D eigenvalue weighted by Crippen LogP contribution is -1.98. The molecule has 0 radical (unpaired) electrons. The highest BCUT2D eigenvalue weighted by Crippen LogP contribution is 2.40. The summed E-state index contributed by atoms with van der Waals surface area (Å²) in [6.07, 6.45) is 2.23. The molecule has 1 nitrogen and oxygen atoms in total. The molecule has 20 heavy (non-hydrogen) atoms. The van der Waals surface area contributed by atoms with Gasteiger partial charge >= 0.3 is 0 Å². The molecule has 2 heteroatoms. The van der Waals surface area contributed by atoms with Gasteiger partial charge in [0.1, 0.15) is 5.75 Å². The average Bonchev–Trinajstić information content (AvgIpc) is 2.51. The van der Waals surface area contributed by atoms with Gasteiger partial charge in [0.15, 0.2) is 0 Å². The third-order valence-corrected chi connectivity index (χ3v) is 4.41. The number of halogens is 1. The quantitative estimate of drug-likeness (QED) is 0.425. The van der Waals surface area contributed by atoms with E-state index in [1.807, 2.05) is 0 Å². The predicted molar refractivity (Wildman–Crippen MR) is 89.6 cm³/mol. The molecule has 0 unspecified atom stereocenters. The monoisotopic (exact) mass is 328 g/mol. The molecule has 0 N–H and O–H groups in total. The minimum atomic E-state index is 0.770. The minimum Gasteiger partial charge on any atom is -0.492 e. The highest BCUT2D eigenvalue weighted by molar-refractivity contribution is 9.10. The zero-order valence-electron chi connectivity index (χ0n) is 11.5. The van der Waals surface area contributed by atoms with E-state index in [2.05, 4.69) is 71.4 Å². The topological polar surface area (TPSA) is 9.23 Å². The number of rotatable bonds is 4. The minimum absolute atomic E-state index is 0.770. The van der Waals surface area contributed by atoms with E-state index < -0.39 is 0 Å². The largest absolute Gasteiger partial charge is 0.492 e. The summed E-state index contributed by atoms with van der Waals surface area (Å²) in [4.78, 5) is 0. The first-order valence-electron chi connectivity index (χ1n) is 7.04. The SMILES string of the molecule is CCCCOc1c2ccccc2c(Br)c2ccccc12. The Balaban J connectivity index is 2.28. The van der Waals surface area contributed by atoms with E-state index >= 15 is 0 Å². The number of benzene rings is 3. The second-order valence-electron chi connectivity index (χ2n) is 4.94. The van der Waals surface area contributed by atoms with Gasteiger partial charge < -0.3 is 4.74 Å². The van der Waals surface area contributed by atoms with E-state index in [-0.39, 0.29) is 0 Å². The first kappa shape index (κ1) is 13.4. The third kappa shape index (κ3) is 2.29. The van der Waals surface area contributed by atoms with Gasteiger partial charge in [-0.1, -0.05) is 61.9 Å². The molecule has 0 heterocycles. The smallest absolute Gasteiger partial charge is 0.135 e. The highest BCUT2D eigenvalue weighted by Gasteiger charge is 2.12. The first-order valence-corrected chi connectivity index (χ1v) is 7.84. The van der Waals surface area contributed by atoms with Gasteiger partial charge in [-0.15, -0.1) is 0 Å². The summed E-state index contributed by atoms with van der Waals surface area (Å²) in [6, 6.07) is 16.8. The van der Waals surface area contributed by atoms with Gasteiger partial charge in [0, 0.05) is 26.0 Å². The fourth-order valence-electron chi connectivity index (χ4n) is 2.51. The van der Waals surface area contributed by atoms with E-state index in [9.17, 15) is 0 Å². The third-order valence-electron chi connectivity index (χ3n) is 3.56. The zero-order valence-corrected chi connectivity index (χ0v) is 13.1. The van der Waals surface area contributed by atoms with Crippen molar-refractivity contribution in [1.82, 2.24) is 0 Å². The zero-order chi connectivity index (χ0) is 13.9. The van der Waals surface area contributed by atoms with Crippen LogP contribution in [0.2, 0.25) is 0 Å². The van der Waals surface area contributed by atoms with Crippen molar-refractivity contribution >= 4 is 37.5 Å². The second kappa shape index (κ2) is 5.84. The van der Waals surface area contributed by atoms with Crippen LogP contribution in [0.1, 0.15) is 19.8 Å². The summed E-state index contributed by atoms with van der Waals surface area (Å²) in [5.74, 6) is 1.01. The lowest BCUT2D eigenvalue weighted by atomic mass is 10.0. The summed E-state index contributed by atoms with van der Waals surface area (Å²) in [7, 11) is 0. The first-order chi connectivity index (χ1) is 9.83. The normalized spacial score (nSPS) is 11.1. The maximum atomic E-state index is 6.11. The van der Waals surface area contributed by atoms with E-state index in [4.69, 9.17) is 4.74 Å². The summed E-state index contributed by atoms with van der Waals surface area (Å²) >= 11 is 3.74. The number of ether oxygens (including phenoxy) is 1. The van der Waals surface area contributed by atoms with Gasteiger partial charge in [-0.2, -0.15) is 0 Å². The summed E-state index contributed by atoms with van der Waals surface area (Å²) < 4.78 is 7.25. The van der Waals surface area contributed by atoms with Crippen LogP contribution in [0, 0.1) is 0 Å². The second-order valence-corrected chi connectivity index (χ2v) is 5.73. The summed E-state index contributed by atoms with van der Waals surface area (Å²) in [6.45, 7) is 2.95. The molecule has 0 aliphatic rings. The number of fused-ring (bicyclic) bond motifs is 2.